The number of carbonyl (C=O) groups excluding carboxylic acids is 1. The van der Waals surface area contributed by atoms with Crippen LogP contribution < -0.4 is 4.74 Å². The van der Waals surface area contributed by atoms with E-state index in [0.717, 1.165) is 6.08 Å². The lowest BCUT2D eigenvalue weighted by molar-refractivity contribution is -0.385. The average Bonchev–Trinajstić information content (AvgIpc) is 2.37. The molecule has 102 valence electrons. The van der Waals surface area contributed by atoms with E-state index in [9.17, 15) is 14.9 Å². The van der Waals surface area contributed by atoms with Crippen molar-refractivity contribution >= 4 is 29.3 Å². The highest BCUT2D eigenvalue weighted by Crippen LogP contribution is 2.32. The zero-order valence-corrected chi connectivity index (χ0v) is 11.1. The molecular weight excluding hydrogens is 274 g/mol. The first-order chi connectivity index (χ1) is 8.99. The predicted octanol–water partition coefficient (Wildman–Crippen LogP) is 2.83. The molecule has 0 saturated heterocycles. The summed E-state index contributed by atoms with van der Waals surface area (Å²) >= 11 is 5.81. The summed E-state index contributed by atoms with van der Waals surface area (Å²) in [6, 6.07) is 2.56. The molecule has 0 aromatic heterocycles. The van der Waals surface area contributed by atoms with Gasteiger partial charge < -0.3 is 9.47 Å². The van der Waals surface area contributed by atoms with Crippen LogP contribution in [0.5, 0.6) is 5.75 Å². The molecule has 0 fully saturated rings. The summed E-state index contributed by atoms with van der Waals surface area (Å²) in [4.78, 5) is 21.5. The zero-order valence-electron chi connectivity index (χ0n) is 10.4. The van der Waals surface area contributed by atoms with Crippen molar-refractivity contribution in [2.75, 3.05) is 13.7 Å². The Morgan fingerprint density at radius 3 is 2.74 bits per heavy atom. The van der Waals surface area contributed by atoms with E-state index in [1.165, 1.54) is 25.3 Å². The van der Waals surface area contributed by atoms with Crippen molar-refractivity contribution < 1.29 is 19.2 Å². The van der Waals surface area contributed by atoms with Gasteiger partial charge in [-0.15, -0.1) is 0 Å². The highest BCUT2D eigenvalue weighted by Gasteiger charge is 2.16. The molecule has 19 heavy (non-hydrogen) atoms. The number of benzene rings is 1. The molecule has 6 nitrogen and oxygen atoms in total. The molecule has 7 heteroatoms. The second-order valence-corrected chi connectivity index (χ2v) is 3.80. The molecule has 0 heterocycles. The van der Waals surface area contributed by atoms with E-state index >= 15 is 0 Å². The molecule has 0 unspecified atom stereocenters. The number of hydrogen-bond acceptors (Lipinski definition) is 5. The summed E-state index contributed by atoms with van der Waals surface area (Å²) < 4.78 is 9.66. The van der Waals surface area contributed by atoms with Gasteiger partial charge in [0.1, 0.15) is 5.75 Å². The number of nitro groups is 1. The number of halogens is 1. The summed E-state index contributed by atoms with van der Waals surface area (Å²) in [6.07, 6.45) is 2.40. The van der Waals surface area contributed by atoms with E-state index in [4.69, 9.17) is 21.1 Å². The maximum absolute atomic E-state index is 11.2. The van der Waals surface area contributed by atoms with Crippen LogP contribution in [0, 0.1) is 10.1 Å². The Bertz CT molecular complexity index is 527. The van der Waals surface area contributed by atoms with Crippen molar-refractivity contribution in [1.29, 1.82) is 0 Å². The number of hydrogen-bond donors (Lipinski definition) is 0. The predicted molar refractivity (Wildman–Crippen MR) is 70.3 cm³/mol. The Kier molecular flexibility index (Phi) is 5.32. The van der Waals surface area contributed by atoms with Crippen LogP contribution in [0.1, 0.15) is 12.5 Å². The fourth-order valence-electron chi connectivity index (χ4n) is 1.35. The zero-order chi connectivity index (χ0) is 14.4. The number of rotatable bonds is 5. The van der Waals surface area contributed by atoms with E-state index in [-0.39, 0.29) is 28.6 Å². The number of nitrogens with zero attached hydrogens (tertiary/aromatic N) is 1. The monoisotopic (exact) mass is 285 g/mol. The fourth-order valence-corrected chi connectivity index (χ4v) is 1.59. The average molecular weight is 286 g/mol. The number of esters is 1. The Hall–Kier alpha value is -2.08. The van der Waals surface area contributed by atoms with E-state index in [1.54, 1.807) is 6.92 Å². The van der Waals surface area contributed by atoms with Gasteiger partial charge in [-0.3, -0.25) is 10.1 Å². The smallest absolute Gasteiger partial charge is 0.330 e. The van der Waals surface area contributed by atoms with Crippen LogP contribution in [-0.2, 0) is 9.53 Å². The van der Waals surface area contributed by atoms with Crippen LogP contribution in [0.2, 0.25) is 5.02 Å². The lowest BCUT2D eigenvalue weighted by Crippen LogP contribution is -1.99. The molecule has 0 atom stereocenters. The van der Waals surface area contributed by atoms with Crippen molar-refractivity contribution in [3.05, 3.63) is 38.9 Å². The third-order valence-corrected chi connectivity index (χ3v) is 2.48. The number of carbonyl (C=O) groups is 1. The first-order valence-corrected chi connectivity index (χ1v) is 5.74. The number of nitro benzene ring substituents is 1. The molecular formula is C12H12ClNO5. The summed E-state index contributed by atoms with van der Waals surface area (Å²) in [5, 5.41) is 11.0. The van der Waals surface area contributed by atoms with Crippen molar-refractivity contribution in [3.8, 4) is 5.75 Å². The van der Waals surface area contributed by atoms with E-state index in [1.807, 2.05) is 0 Å². The Labute approximate surface area is 114 Å². The van der Waals surface area contributed by atoms with Gasteiger partial charge in [0.15, 0.2) is 0 Å². The summed E-state index contributed by atoms with van der Waals surface area (Å²) in [5.41, 5.74) is -0.00866. The molecule has 0 N–H and O–H groups in total. The molecule has 0 bridgehead atoms. The van der Waals surface area contributed by atoms with Crippen LogP contribution in [-0.4, -0.2) is 24.6 Å². The van der Waals surface area contributed by atoms with E-state index in [2.05, 4.69) is 0 Å². The van der Waals surface area contributed by atoms with Gasteiger partial charge in [-0.25, -0.2) is 4.79 Å². The van der Waals surface area contributed by atoms with Crippen molar-refractivity contribution in [2.24, 2.45) is 0 Å². The SMILES string of the molecule is CCOC(=O)/C=C/c1cc(OC)c(Cl)cc1[N+](=O)[O-]. The third-order valence-electron chi connectivity index (χ3n) is 2.18. The number of methoxy groups -OCH3 is 1. The van der Waals surface area contributed by atoms with Crippen LogP contribution in [0.3, 0.4) is 0 Å². The molecule has 1 rings (SSSR count). The maximum Gasteiger partial charge on any atom is 0.330 e. The fraction of sp³-hybridized carbons (Fsp3) is 0.250. The van der Waals surface area contributed by atoms with Gasteiger partial charge in [-0.2, -0.15) is 0 Å². The van der Waals surface area contributed by atoms with Crippen molar-refractivity contribution in [3.63, 3.8) is 0 Å². The van der Waals surface area contributed by atoms with Crippen molar-refractivity contribution in [2.45, 2.75) is 6.92 Å². The van der Waals surface area contributed by atoms with Crippen LogP contribution >= 0.6 is 11.6 Å². The van der Waals surface area contributed by atoms with Gasteiger partial charge in [0.05, 0.1) is 29.2 Å². The van der Waals surface area contributed by atoms with Crippen LogP contribution in [0.25, 0.3) is 6.08 Å². The van der Waals surface area contributed by atoms with Crippen LogP contribution in [0.15, 0.2) is 18.2 Å². The molecule has 0 aliphatic rings. The topological polar surface area (TPSA) is 78.7 Å². The standard InChI is InChI=1S/C12H12ClNO5/c1-3-19-12(15)5-4-8-6-11(18-2)9(13)7-10(8)14(16)17/h4-7H,3H2,1-2H3/b5-4+. The molecule has 0 aliphatic carbocycles. The van der Waals surface area contributed by atoms with Gasteiger partial charge in [-0.1, -0.05) is 11.6 Å². The third kappa shape index (κ3) is 3.96. The normalized spacial score (nSPS) is 10.5. The maximum atomic E-state index is 11.2. The first-order valence-electron chi connectivity index (χ1n) is 5.36. The quantitative estimate of drug-likeness (QED) is 0.360. The second kappa shape index (κ2) is 6.75. The first kappa shape index (κ1) is 15.0. The highest BCUT2D eigenvalue weighted by molar-refractivity contribution is 6.32. The molecule has 0 spiro atoms. The Morgan fingerprint density at radius 2 is 2.21 bits per heavy atom. The highest BCUT2D eigenvalue weighted by atomic mass is 35.5. The van der Waals surface area contributed by atoms with E-state index < -0.39 is 10.9 Å². The minimum Gasteiger partial charge on any atom is -0.495 e. The van der Waals surface area contributed by atoms with Gasteiger partial charge in [-0.05, 0) is 19.1 Å². The molecule has 0 aliphatic heterocycles. The molecule has 0 saturated carbocycles. The lowest BCUT2D eigenvalue weighted by atomic mass is 10.1. The molecule has 1 aromatic rings. The largest absolute Gasteiger partial charge is 0.495 e. The number of ether oxygens (including phenoxy) is 2. The summed E-state index contributed by atoms with van der Waals surface area (Å²) in [6.45, 7) is 1.90. The Morgan fingerprint density at radius 1 is 1.53 bits per heavy atom. The van der Waals surface area contributed by atoms with Crippen LogP contribution in [0.4, 0.5) is 5.69 Å². The second-order valence-electron chi connectivity index (χ2n) is 3.39. The van der Waals surface area contributed by atoms with Gasteiger partial charge >= 0.3 is 5.97 Å². The molecule has 1 aromatic carbocycles. The molecule has 0 radical (unpaired) electrons. The van der Waals surface area contributed by atoms with Gasteiger partial charge in [0.25, 0.3) is 5.69 Å². The summed E-state index contributed by atoms with van der Waals surface area (Å²) in [5.74, 6) is -0.290. The molecule has 0 amide bonds. The van der Waals surface area contributed by atoms with Gasteiger partial charge in [0, 0.05) is 12.1 Å². The summed E-state index contributed by atoms with van der Waals surface area (Å²) in [7, 11) is 1.39. The van der Waals surface area contributed by atoms with Crippen molar-refractivity contribution in [1.82, 2.24) is 0 Å². The Balaban J connectivity index is 3.17. The minimum atomic E-state index is -0.587. The lowest BCUT2D eigenvalue weighted by Gasteiger charge is -2.05. The minimum absolute atomic E-state index is 0.127. The van der Waals surface area contributed by atoms with E-state index in [0.29, 0.717) is 0 Å². The van der Waals surface area contributed by atoms with Gasteiger partial charge in [0.2, 0.25) is 0 Å².